The molecule has 19 heavy (non-hydrogen) atoms. The van der Waals surface area contributed by atoms with Crippen molar-refractivity contribution in [3.05, 3.63) is 48.3 Å². The highest BCUT2D eigenvalue weighted by atomic mass is 15.3. The number of rotatable bonds is 4. The molecule has 0 radical (unpaired) electrons. The van der Waals surface area contributed by atoms with Gasteiger partial charge in [-0.3, -0.25) is 0 Å². The lowest BCUT2D eigenvalue weighted by Gasteiger charge is -2.21. The molecule has 1 aromatic heterocycles. The SMILES string of the molecule is CNC(c1cnn(-c2ccccc2)c1)C1CCCC1. The van der Waals surface area contributed by atoms with Gasteiger partial charge in [0.2, 0.25) is 0 Å². The van der Waals surface area contributed by atoms with Crippen molar-refractivity contribution >= 4 is 0 Å². The van der Waals surface area contributed by atoms with E-state index in [0.29, 0.717) is 6.04 Å². The van der Waals surface area contributed by atoms with Crippen LogP contribution in [-0.4, -0.2) is 16.8 Å². The van der Waals surface area contributed by atoms with Crippen LogP contribution in [0.1, 0.15) is 37.3 Å². The number of hydrogen-bond acceptors (Lipinski definition) is 2. The van der Waals surface area contributed by atoms with Gasteiger partial charge in [-0.15, -0.1) is 0 Å². The van der Waals surface area contributed by atoms with Gasteiger partial charge >= 0.3 is 0 Å². The minimum absolute atomic E-state index is 0.444. The first-order chi connectivity index (χ1) is 9.38. The van der Waals surface area contributed by atoms with E-state index in [1.165, 1.54) is 31.2 Å². The maximum Gasteiger partial charge on any atom is 0.0645 e. The Bertz CT molecular complexity index is 512. The molecular weight excluding hydrogens is 234 g/mol. The second-order valence-electron chi connectivity index (χ2n) is 5.36. The second kappa shape index (κ2) is 5.57. The van der Waals surface area contributed by atoms with E-state index in [1.54, 1.807) is 0 Å². The molecule has 1 aliphatic rings. The third-order valence-corrected chi connectivity index (χ3v) is 4.16. The summed E-state index contributed by atoms with van der Waals surface area (Å²) in [6.07, 6.45) is 9.58. The van der Waals surface area contributed by atoms with E-state index < -0.39 is 0 Å². The minimum atomic E-state index is 0.444. The number of benzene rings is 1. The molecule has 1 fully saturated rings. The van der Waals surface area contributed by atoms with Crippen molar-refractivity contribution in [2.24, 2.45) is 5.92 Å². The quantitative estimate of drug-likeness (QED) is 0.908. The topological polar surface area (TPSA) is 29.9 Å². The minimum Gasteiger partial charge on any atom is -0.313 e. The lowest BCUT2D eigenvalue weighted by atomic mass is 9.94. The monoisotopic (exact) mass is 255 g/mol. The number of hydrogen-bond donors (Lipinski definition) is 1. The average molecular weight is 255 g/mol. The maximum absolute atomic E-state index is 4.50. The molecule has 0 amide bonds. The molecule has 0 spiro atoms. The first-order valence-electron chi connectivity index (χ1n) is 7.16. The van der Waals surface area contributed by atoms with Crippen LogP contribution >= 0.6 is 0 Å². The van der Waals surface area contributed by atoms with E-state index in [4.69, 9.17) is 0 Å². The normalized spacial score (nSPS) is 17.7. The molecule has 100 valence electrons. The van der Waals surface area contributed by atoms with E-state index in [2.05, 4.69) is 35.8 Å². The first kappa shape index (κ1) is 12.4. The lowest BCUT2D eigenvalue weighted by molar-refractivity contribution is 0.390. The van der Waals surface area contributed by atoms with E-state index in [-0.39, 0.29) is 0 Å². The van der Waals surface area contributed by atoms with Gasteiger partial charge in [-0.2, -0.15) is 5.10 Å². The van der Waals surface area contributed by atoms with Crippen molar-refractivity contribution in [1.82, 2.24) is 15.1 Å². The largest absolute Gasteiger partial charge is 0.313 e. The van der Waals surface area contributed by atoms with Crippen LogP contribution in [0.4, 0.5) is 0 Å². The van der Waals surface area contributed by atoms with Crippen molar-refractivity contribution in [2.45, 2.75) is 31.7 Å². The average Bonchev–Trinajstić information content (AvgIpc) is 3.12. The highest BCUT2D eigenvalue weighted by Gasteiger charge is 2.26. The van der Waals surface area contributed by atoms with Gasteiger partial charge in [0.25, 0.3) is 0 Å². The Balaban J connectivity index is 1.83. The predicted octanol–water partition coefficient (Wildman–Crippen LogP) is 3.32. The Labute approximate surface area is 114 Å². The zero-order chi connectivity index (χ0) is 13.1. The summed E-state index contributed by atoms with van der Waals surface area (Å²) in [6.45, 7) is 0. The third kappa shape index (κ3) is 2.56. The van der Waals surface area contributed by atoms with Gasteiger partial charge in [-0.25, -0.2) is 4.68 Å². The molecular formula is C16H21N3. The molecule has 1 saturated carbocycles. The van der Waals surface area contributed by atoms with Gasteiger partial charge in [0.15, 0.2) is 0 Å². The van der Waals surface area contributed by atoms with Gasteiger partial charge in [0.05, 0.1) is 11.9 Å². The molecule has 3 heteroatoms. The van der Waals surface area contributed by atoms with E-state index in [0.717, 1.165) is 11.6 Å². The van der Waals surface area contributed by atoms with E-state index >= 15 is 0 Å². The van der Waals surface area contributed by atoms with E-state index in [9.17, 15) is 0 Å². The Hall–Kier alpha value is -1.61. The van der Waals surface area contributed by atoms with Gasteiger partial charge in [-0.1, -0.05) is 31.0 Å². The fourth-order valence-electron chi connectivity index (χ4n) is 3.18. The smallest absolute Gasteiger partial charge is 0.0645 e. The maximum atomic E-state index is 4.50. The van der Waals surface area contributed by atoms with Crippen molar-refractivity contribution in [3.63, 3.8) is 0 Å². The zero-order valence-electron chi connectivity index (χ0n) is 11.4. The molecule has 1 N–H and O–H groups in total. The Kier molecular flexibility index (Phi) is 3.65. The predicted molar refractivity (Wildman–Crippen MR) is 77.3 cm³/mol. The van der Waals surface area contributed by atoms with Crippen LogP contribution < -0.4 is 5.32 Å². The molecule has 3 rings (SSSR count). The molecule has 1 aliphatic carbocycles. The molecule has 1 aromatic carbocycles. The van der Waals surface area contributed by atoms with Crippen LogP contribution in [0.3, 0.4) is 0 Å². The van der Waals surface area contributed by atoms with Gasteiger partial charge in [0, 0.05) is 17.8 Å². The van der Waals surface area contributed by atoms with Crippen molar-refractivity contribution in [2.75, 3.05) is 7.05 Å². The van der Waals surface area contributed by atoms with Crippen LogP contribution in [0.2, 0.25) is 0 Å². The Morgan fingerprint density at radius 1 is 1.21 bits per heavy atom. The third-order valence-electron chi connectivity index (χ3n) is 4.16. The highest BCUT2D eigenvalue weighted by molar-refractivity contribution is 5.31. The van der Waals surface area contributed by atoms with Crippen molar-refractivity contribution in [3.8, 4) is 5.69 Å². The zero-order valence-corrected chi connectivity index (χ0v) is 11.4. The Morgan fingerprint density at radius 3 is 2.63 bits per heavy atom. The van der Waals surface area contributed by atoms with Gasteiger partial charge < -0.3 is 5.32 Å². The second-order valence-corrected chi connectivity index (χ2v) is 5.36. The van der Waals surface area contributed by atoms with Crippen LogP contribution in [0.5, 0.6) is 0 Å². The van der Waals surface area contributed by atoms with Gasteiger partial charge in [0.1, 0.15) is 0 Å². The number of aromatic nitrogens is 2. The summed E-state index contributed by atoms with van der Waals surface area (Å²) >= 11 is 0. The van der Waals surface area contributed by atoms with E-state index in [1.807, 2.05) is 29.1 Å². The standard InChI is InChI=1S/C16H21N3/c1-17-16(13-7-5-6-8-13)14-11-18-19(12-14)15-9-3-2-4-10-15/h2-4,9-13,16-17H,5-8H2,1H3. The summed E-state index contributed by atoms with van der Waals surface area (Å²) in [5, 5.41) is 7.98. The molecule has 3 nitrogen and oxygen atoms in total. The number of nitrogens with one attached hydrogen (secondary N) is 1. The highest BCUT2D eigenvalue weighted by Crippen LogP contribution is 2.35. The molecule has 2 aromatic rings. The van der Waals surface area contributed by atoms with Gasteiger partial charge in [-0.05, 0) is 37.9 Å². The van der Waals surface area contributed by atoms with Crippen molar-refractivity contribution in [1.29, 1.82) is 0 Å². The molecule has 1 atom stereocenters. The first-order valence-corrected chi connectivity index (χ1v) is 7.16. The van der Waals surface area contributed by atoms with Crippen LogP contribution in [0.15, 0.2) is 42.7 Å². The van der Waals surface area contributed by atoms with Crippen molar-refractivity contribution < 1.29 is 0 Å². The summed E-state index contributed by atoms with van der Waals surface area (Å²) in [6, 6.07) is 10.7. The summed E-state index contributed by atoms with van der Waals surface area (Å²) in [5.41, 5.74) is 2.42. The lowest BCUT2D eigenvalue weighted by Crippen LogP contribution is -2.23. The molecule has 0 bridgehead atoms. The fourth-order valence-corrected chi connectivity index (χ4v) is 3.18. The molecule has 0 saturated heterocycles. The molecule has 0 aliphatic heterocycles. The number of para-hydroxylation sites is 1. The number of nitrogens with zero attached hydrogens (tertiary/aromatic N) is 2. The molecule has 1 heterocycles. The van der Waals surface area contributed by atoms with Crippen LogP contribution in [-0.2, 0) is 0 Å². The van der Waals surface area contributed by atoms with Crippen LogP contribution in [0, 0.1) is 5.92 Å². The Morgan fingerprint density at radius 2 is 1.95 bits per heavy atom. The summed E-state index contributed by atoms with van der Waals surface area (Å²) < 4.78 is 1.97. The summed E-state index contributed by atoms with van der Waals surface area (Å²) in [4.78, 5) is 0. The molecule has 1 unspecified atom stereocenters. The summed E-state index contributed by atoms with van der Waals surface area (Å²) in [5.74, 6) is 0.762. The fraction of sp³-hybridized carbons (Fsp3) is 0.438. The van der Waals surface area contributed by atoms with Crippen LogP contribution in [0.25, 0.3) is 5.69 Å². The summed E-state index contributed by atoms with van der Waals surface area (Å²) in [7, 11) is 2.06.